The number of halogens is 2. The molecule has 3 nitrogen and oxygen atoms in total. The van der Waals surface area contributed by atoms with Gasteiger partial charge < -0.3 is 9.72 Å². The number of hydrogen-bond acceptors (Lipinski definition) is 2. The lowest BCUT2D eigenvalue weighted by molar-refractivity contribution is 0.416. The van der Waals surface area contributed by atoms with Crippen LogP contribution in [0, 0.1) is 23.0 Å². The van der Waals surface area contributed by atoms with Crippen LogP contribution in [0.3, 0.4) is 0 Å². The molecule has 0 atom stereocenters. The third-order valence-electron chi connectivity index (χ3n) is 3.60. The Morgan fingerprint density at radius 2 is 2.05 bits per heavy atom. The number of aromatic nitrogens is 1. The van der Waals surface area contributed by atoms with Crippen molar-refractivity contribution in [3.05, 3.63) is 53.7 Å². The lowest BCUT2D eigenvalue weighted by atomic mass is 9.96. The number of nitrogens with one attached hydrogen (secondary N) is 1. The summed E-state index contributed by atoms with van der Waals surface area (Å²) in [7, 11) is 1.47. The minimum atomic E-state index is -0.933. The van der Waals surface area contributed by atoms with E-state index in [1.807, 2.05) is 0 Å². The zero-order chi connectivity index (χ0) is 15.7. The van der Waals surface area contributed by atoms with Gasteiger partial charge in [0.05, 0.1) is 19.6 Å². The monoisotopic (exact) mass is 298 g/mol. The molecule has 0 amide bonds. The van der Waals surface area contributed by atoms with Crippen molar-refractivity contribution in [2.45, 2.75) is 6.42 Å². The maximum Gasteiger partial charge on any atom is 0.166 e. The highest BCUT2D eigenvalue weighted by Crippen LogP contribution is 2.40. The van der Waals surface area contributed by atoms with Gasteiger partial charge in [0, 0.05) is 28.2 Å². The number of ether oxygens (including phenoxy) is 1. The lowest BCUT2D eigenvalue weighted by Crippen LogP contribution is -1.95. The van der Waals surface area contributed by atoms with Crippen LogP contribution in [0.4, 0.5) is 8.78 Å². The fraction of sp³-hybridized carbons (Fsp3) is 0.118. The highest BCUT2D eigenvalue weighted by Gasteiger charge is 2.19. The standard InChI is InChI=1S/C17H12F2N2O/c1-22-14-6-5-13-15(10(7-8-20)9-21-13)16(14)11-3-2-4-12(18)17(11)19/h2-6,9,21H,7H2,1H3. The van der Waals surface area contributed by atoms with Gasteiger partial charge in [0.2, 0.25) is 0 Å². The average Bonchev–Trinajstić information content (AvgIpc) is 2.93. The zero-order valence-electron chi connectivity index (χ0n) is 11.8. The van der Waals surface area contributed by atoms with Crippen molar-refractivity contribution in [3.8, 4) is 22.9 Å². The van der Waals surface area contributed by atoms with Crippen LogP contribution >= 0.6 is 0 Å². The topological polar surface area (TPSA) is 48.8 Å². The van der Waals surface area contributed by atoms with Crippen molar-refractivity contribution < 1.29 is 13.5 Å². The summed E-state index contributed by atoms with van der Waals surface area (Å²) in [5, 5.41) is 9.63. The summed E-state index contributed by atoms with van der Waals surface area (Å²) in [5.41, 5.74) is 2.02. The Bertz CT molecular complexity index is 894. The predicted octanol–water partition coefficient (Wildman–Crippen LogP) is 4.19. The Balaban J connectivity index is 2.42. The first-order chi connectivity index (χ1) is 10.7. The van der Waals surface area contributed by atoms with Crippen LogP contribution in [0.2, 0.25) is 0 Å². The van der Waals surface area contributed by atoms with Crippen molar-refractivity contribution in [2.75, 3.05) is 7.11 Å². The van der Waals surface area contributed by atoms with Crippen molar-refractivity contribution in [3.63, 3.8) is 0 Å². The van der Waals surface area contributed by atoms with E-state index in [4.69, 9.17) is 10.00 Å². The van der Waals surface area contributed by atoms with Gasteiger partial charge in [-0.1, -0.05) is 12.1 Å². The van der Waals surface area contributed by atoms with Gasteiger partial charge in [-0.05, 0) is 23.8 Å². The third-order valence-corrected chi connectivity index (χ3v) is 3.60. The van der Waals surface area contributed by atoms with E-state index in [1.54, 1.807) is 18.3 Å². The van der Waals surface area contributed by atoms with Crippen molar-refractivity contribution in [1.29, 1.82) is 5.26 Å². The molecule has 1 N–H and O–H groups in total. The van der Waals surface area contributed by atoms with E-state index in [0.717, 1.165) is 17.1 Å². The highest BCUT2D eigenvalue weighted by molar-refractivity contribution is 6.01. The fourth-order valence-corrected chi connectivity index (χ4v) is 2.63. The summed E-state index contributed by atoms with van der Waals surface area (Å²) in [6.07, 6.45) is 1.87. The number of hydrogen-bond donors (Lipinski definition) is 1. The first-order valence-corrected chi connectivity index (χ1v) is 6.65. The van der Waals surface area contributed by atoms with Crippen LogP contribution in [0.15, 0.2) is 36.5 Å². The number of H-pyrrole nitrogens is 1. The van der Waals surface area contributed by atoms with Crippen LogP contribution in [0.5, 0.6) is 5.75 Å². The first-order valence-electron chi connectivity index (χ1n) is 6.65. The smallest absolute Gasteiger partial charge is 0.166 e. The van der Waals surface area contributed by atoms with E-state index in [2.05, 4.69) is 11.1 Å². The molecule has 0 aliphatic heterocycles. The molecule has 0 fully saturated rings. The molecule has 0 saturated carbocycles. The second-order valence-corrected chi connectivity index (χ2v) is 4.82. The SMILES string of the molecule is COc1ccc2[nH]cc(CC#N)c2c1-c1cccc(F)c1F. The Kier molecular flexibility index (Phi) is 3.51. The summed E-state index contributed by atoms with van der Waals surface area (Å²) in [5.74, 6) is -1.43. The van der Waals surface area contributed by atoms with E-state index in [1.165, 1.54) is 19.2 Å². The molecule has 3 aromatic rings. The minimum Gasteiger partial charge on any atom is -0.496 e. The van der Waals surface area contributed by atoms with Gasteiger partial charge in [0.15, 0.2) is 11.6 Å². The number of rotatable bonds is 3. The van der Waals surface area contributed by atoms with Crippen molar-refractivity contribution in [2.24, 2.45) is 0 Å². The van der Waals surface area contributed by atoms with Gasteiger partial charge in [-0.2, -0.15) is 5.26 Å². The average molecular weight is 298 g/mol. The Morgan fingerprint density at radius 1 is 1.23 bits per heavy atom. The van der Waals surface area contributed by atoms with E-state index < -0.39 is 11.6 Å². The van der Waals surface area contributed by atoms with Crippen LogP contribution in [0.1, 0.15) is 5.56 Å². The minimum absolute atomic E-state index is 0.112. The normalized spacial score (nSPS) is 10.6. The van der Waals surface area contributed by atoms with E-state index >= 15 is 0 Å². The van der Waals surface area contributed by atoms with Gasteiger partial charge in [0.1, 0.15) is 5.75 Å². The summed E-state index contributed by atoms with van der Waals surface area (Å²) >= 11 is 0. The maximum atomic E-state index is 14.2. The molecule has 110 valence electrons. The summed E-state index contributed by atoms with van der Waals surface area (Å²) in [6.45, 7) is 0. The molecule has 22 heavy (non-hydrogen) atoms. The quantitative estimate of drug-likeness (QED) is 0.788. The summed E-state index contributed by atoms with van der Waals surface area (Å²) in [6, 6.07) is 9.57. The molecular weight excluding hydrogens is 286 g/mol. The van der Waals surface area contributed by atoms with Crippen molar-refractivity contribution in [1.82, 2.24) is 4.98 Å². The number of aromatic amines is 1. The molecule has 0 aliphatic rings. The number of fused-ring (bicyclic) bond motifs is 1. The molecule has 0 aliphatic carbocycles. The molecule has 0 spiro atoms. The van der Waals surface area contributed by atoms with Gasteiger partial charge >= 0.3 is 0 Å². The second kappa shape index (κ2) is 5.49. The second-order valence-electron chi connectivity index (χ2n) is 4.82. The molecule has 2 aromatic carbocycles. The lowest BCUT2D eigenvalue weighted by Gasteiger charge is -2.12. The molecular formula is C17H12F2N2O. The molecule has 3 rings (SSSR count). The molecule has 1 aromatic heterocycles. The number of methoxy groups -OCH3 is 1. The van der Waals surface area contributed by atoms with Crippen LogP contribution < -0.4 is 4.74 Å². The fourth-order valence-electron chi connectivity index (χ4n) is 2.63. The van der Waals surface area contributed by atoms with Gasteiger partial charge in [0.25, 0.3) is 0 Å². The Morgan fingerprint density at radius 3 is 2.77 bits per heavy atom. The van der Waals surface area contributed by atoms with E-state index in [-0.39, 0.29) is 12.0 Å². The maximum absolute atomic E-state index is 14.2. The summed E-state index contributed by atoms with van der Waals surface area (Å²) in [4.78, 5) is 3.05. The largest absolute Gasteiger partial charge is 0.496 e. The van der Waals surface area contributed by atoms with Crippen LogP contribution in [-0.4, -0.2) is 12.1 Å². The molecule has 0 saturated heterocycles. The third kappa shape index (κ3) is 2.09. The molecule has 0 radical (unpaired) electrons. The van der Waals surface area contributed by atoms with Gasteiger partial charge in [-0.25, -0.2) is 8.78 Å². The van der Waals surface area contributed by atoms with Gasteiger partial charge in [-0.3, -0.25) is 0 Å². The van der Waals surface area contributed by atoms with Crippen LogP contribution in [-0.2, 0) is 6.42 Å². The highest BCUT2D eigenvalue weighted by atomic mass is 19.2. The van der Waals surface area contributed by atoms with Crippen LogP contribution in [0.25, 0.3) is 22.0 Å². The molecule has 0 unspecified atom stereocenters. The van der Waals surface area contributed by atoms with E-state index in [0.29, 0.717) is 16.7 Å². The Hall–Kier alpha value is -2.87. The molecule has 0 bridgehead atoms. The number of nitrogens with zero attached hydrogens (tertiary/aromatic N) is 1. The van der Waals surface area contributed by atoms with E-state index in [9.17, 15) is 8.78 Å². The first kappa shape index (κ1) is 14.1. The molecule has 1 heterocycles. The van der Waals surface area contributed by atoms with Crippen molar-refractivity contribution >= 4 is 10.9 Å². The molecule has 5 heteroatoms. The van der Waals surface area contributed by atoms with Gasteiger partial charge in [-0.15, -0.1) is 0 Å². The number of nitriles is 1. The number of benzene rings is 2. The summed E-state index contributed by atoms with van der Waals surface area (Å²) < 4.78 is 33.2. The zero-order valence-corrected chi connectivity index (χ0v) is 11.8. The Labute approximate surface area is 125 Å². The predicted molar refractivity (Wildman–Crippen MR) is 79.5 cm³/mol.